The number of carbonyl (C=O) groups is 1. The molecule has 1 aromatic carbocycles. The van der Waals surface area contributed by atoms with Crippen LogP contribution in [0.4, 0.5) is 10.5 Å². The van der Waals surface area contributed by atoms with Gasteiger partial charge in [-0.25, -0.2) is 4.79 Å². The molecule has 156 valence electrons. The number of β-amino-alcohol motifs (C(OH)–C–C–N with tert-alkyl or cyclic N) is 1. The second-order valence-electron chi connectivity index (χ2n) is 8.69. The maximum atomic E-state index is 12.7. The molecule has 3 aliphatic rings. The molecule has 0 radical (unpaired) electrons. The summed E-state index contributed by atoms with van der Waals surface area (Å²) in [5, 5.41) is 21.4. The molecular weight excluding hydrogens is 372 g/mol. The van der Waals surface area contributed by atoms with E-state index < -0.39 is 29.9 Å². The van der Waals surface area contributed by atoms with Crippen LogP contribution in [0.3, 0.4) is 0 Å². The molecule has 0 bridgehead atoms. The van der Waals surface area contributed by atoms with Crippen LogP contribution in [0.25, 0.3) is 0 Å². The van der Waals surface area contributed by atoms with E-state index in [1.54, 1.807) is 20.8 Å². The minimum absolute atomic E-state index is 0.0281. The van der Waals surface area contributed by atoms with Gasteiger partial charge in [-0.15, -0.1) is 0 Å². The van der Waals surface area contributed by atoms with Crippen LogP contribution in [-0.2, 0) is 4.74 Å². The lowest BCUT2D eigenvalue weighted by Gasteiger charge is -2.48. The van der Waals surface area contributed by atoms with Crippen LogP contribution >= 0.6 is 0 Å². The zero-order valence-corrected chi connectivity index (χ0v) is 17.0. The zero-order chi connectivity index (χ0) is 20.8. The van der Waals surface area contributed by atoms with Crippen molar-refractivity contribution in [3.8, 4) is 5.75 Å². The zero-order valence-electron chi connectivity index (χ0n) is 17.0. The number of hydrogen-bond donors (Lipinski definition) is 2. The number of fused-ring (bicyclic) bond motifs is 2. The van der Waals surface area contributed by atoms with E-state index in [1.165, 1.54) is 4.90 Å². The predicted octanol–water partition coefficient (Wildman–Crippen LogP) is 2.79. The predicted molar refractivity (Wildman–Crippen MR) is 109 cm³/mol. The number of para-hydroxylation sites is 2. The van der Waals surface area contributed by atoms with Crippen LogP contribution < -0.4 is 9.64 Å². The monoisotopic (exact) mass is 400 g/mol. The fraction of sp³-hybridized carbons (Fsp3) is 0.500. The third-order valence-electron chi connectivity index (χ3n) is 5.28. The smallest absolute Gasteiger partial charge is 0.410 e. The number of allylic oxidation sites excluding steroid dienone is 2. The Labute approximate surface area is 170 Å². The molecule has 1 aromatic rings. The fourth-order valence-electron chi connectivity index (χ4n) is 4.01. The van der Waals surface area contributed by atoms with Crippen LogP contribution in [0.1, 0.15) is 33.6 Å². The van der Waals surface area contributed by atoms with Crippen LogP contribution in [0.5, 0.6) is 5.75 Å². The van der Waals surface area contributed by atoms with Crippen molar-refractivity contribution in [1.29, 1.82) is 0 Å². The van der Waals surface area contributed by atoms with Gasteiger partial charge in [-0.1, -0.05) is 18.2 Å². The summed E-state index contributed by atoms with van der Waals surface area (Å²) in [7, 11) is 0. The number of ether oxygens (including phenoxy) is 2. The Bertz CT molecular complexity index is 857. The summed E-state index contributed by atoms with van der Waals surface area (Å²) in [5.74, 6) is 1.43. The largest absolute Gasteiger partial charge is 0.453 e. The Hall–Kier alpha value is -2.51. The van der Waals surface area contributed by atoms with Gasteiger partial charge < -0.3 is 29.5 Å². The first-order valence-electron chi connectivity index (χ1n) is 10.1. The van der Waals surface area contributed by atoms with E-state index in [-0.39, 0.29) is 13.1 Å². The highest BCUT2D eigenvalue weighted by Crippen LogP contribution is 2.43. The molecule has 0 spiro atoms. The van der Waals surface area contributed by atoms with Gasteiger partial charge in [-0.3, -0.25) is 0 Å². The van der Waals surface area contributed by atoms with Crippen molar-refractivity contribution >= 4 is 11.8 Å². The average Bonchev–Trinajstić information content (AvgIpc) is 2.67. The minimum Gasteiger partial charge on any atom is -0.453 e. The number of rotatable bonds is 1. The molecule has 2 aliphatic heterocycles. The number of anilines is 1. The Morgan fingerprint density at radius 1 is 1.14 bits per heavy atom. The quantitative estimate of drug-likeness (QED) is 0.754. The average molecular weight is 400 g/mol. The van der Waals surface area contributed by atoms with Crippen molar-refractivity contribution in [3.63, 3.8) is 0 Å². The number of aliphatic hydroxyl groups is 2. The lowest BCUT2D eigenvalue weighted by molar-refractivity contribution is -0.0570. The van der Waals surface area contributed by atoms with E-state index >= 15 is 0 Å². The van der Waals surface area contributed by atoms with Gasteiger partial charge in [-0.2, -0.15) is 0 Å². The van der Waals surface area contributed by atoms with Crippen molar-refractivity contribution in [2.45, 2.75) is 57.5 Å². The first kappa shape index (κ1) is 19.8. The van der Waals surface area contributed by atoms with E-state index in [1.807, 2.05) is 35.2 Å². The van der Waals surface area contributed by atoms with Crippen molar-refractivity contribution in [2.24, 2.45) is 0 Å². The molecule has 1 unspecified atom stereocenters. The van der Waals surface area contributed by atoms with Crippen molar-refractivity contribution in [2.75, 3.05) is 18.0 Å². The topological polar surface area (TPSA) is 82.5 Å². The van der Waals surface area contributed by atoms with Gasteiger partial charge >= 0.3 is 6.09 Å². The third-order valence-corrected chi connectivity index (χ3v) is 5.28. The highest BCUT2D eigenvalue weighted by atomic mass is 16.6. The molecule has 0 aromatic heterocycles. The molecule has 1 aliphatic carbocycles. The Morgan fingerprint density at radius 2 is 1.86 bits per heavy atom. The SMILES string of the molecule is CC(C)(C)OC(=O)N1C[C@H](O)C(O)[C@@H](N2C3=CCCC=C3Oc3ccccc32)C1. The number of hydrogen-bond acceptors (Lipinski definition) is 6. The first-order chi connectivity index (χ1) is 13.7. The summed E-state index contributed by atoms with van der Waals surface area (Å²) in [6.07, 6.45) is 3.27. The Kier molecular flexibility index (Phi) is 5.04. The van der Waals surface area contributed by atoms with Crippen LogP contribution in [0.2, 0.25) is 0 Å². The van der Waals surface area contributed by atoms with E-state index in [0.717, 1.165) is 30.0 Å². The summed E-state index contributed by atoms with van der Waals surface area (Å²) in [6.45, 7) is 5.67. The van der Waals surface area contributed by atoms with E-state index in [2.05, 4.69) is 6.08 Å². The summed E-state index contributed by atoms with van der Waals surface area (Å²) < 4.78 is 11.6. The van der Waals surface area contributed by atoms with Gasteiger partial charge in [0.15, 0.2) is 5.75 Å². The highest BCUT2D eigenvalue weighted by molar-refractivity contribution is 5.71. The molecule has 0 saturated carbocycles. The van der Waals surface area contributed by atoms with E-state index in [9.17, 15) is 15.0 Å². The van der Waals surface area contributed by atoms with Crippen LogP contribution in [-0.4, -0.2) is 58.1 Å². The molecule has 2 heterocycles. The second kappa shape index (κ2) is 7.39. The summed E-state index contributed by atoms with van der Waals surface area (Å²) >= 11 is 0. The molecule has 29 heavy (non-hydrogen) atoms. The van der Waals surface area contributed by atoms with Gasteiger partial charge in [-0.05, 0) is 51.8 Å². The standard InChI is InChI=1S/C22H28N2O5/c1-22(2,3)29-21(27)23-12-16(20(26)17(25)13-23)24-14-8-4-6-10-18(14)28-19-11-7-5-9-15(19)24/h4,6,8-11,16-17,20,25-26H,5,7,12-13H2,1-3H3/t16-,17-,20?/m0/s1. The fourth-order valence-corrected chi connectivity index (χ4v) is 4.01. The van der Waals surface area contributed by atoms with Gasteiger partial charge in [0.05, 0.1) is 30.1 Å². The van der Waals surface area contributed by atoms with Crippen molar-refractivity contribution in [1.82, 2.24) is 4.90 Å². The third kappa shape index (κ3) is 3.84. The molecule has 4 rings (SSSR count). The maximum absolute atomic E-state index is 12.7. The van der Waals surface area contributed by atoms with Crippen molar-refractivity contribution in [3.05, 3.63) is 47.9 Å². The number of benzene rings is 1. The molecule has 3 atom stereocenters. The number of amides is 1. The summed E-state index contributed by atoms with van der Waals surface area (Å²) in [4.78, 5) is 16.1. The normalized spacial score (nSPS) is 26.6. The minimum atomic E-state index is -1.08. The second-order valence-corrected chi connectivity index (χ2v) is 8.69. The molecule has 1 amide bonds. The van der Waals surface area contributed by atoms with Gasteiger partial charge in [0, 0.05) is 6.54 Å². The van der Waals surface area contributed by atoms with Crippen LogP contribution in [0.15, 0.2) is 47.9 Å². The molecule has 7 nitrogen and oxygen atoms in total. The number of likely N-dealkylation sites (tertiary alicyclic amines) is 1. The molecule has 2 N–H and O–H groups in total. The Morgan fingerprint density at radius 3 is 2.62 bits per heavy atom. The van der Waals surface area contributed by atoms with Crippen molar-refractivity contribution < 1.29 is 24.5 Å². The Balaban J connectivity index is 1.70. The highest BCUT2D eigenvalue weighted by Gasteiger charge is 2.44. The summed E-state index contributed by atoms with van der Waals surface area (Å²) in [6, 6.07) is 7.07. The van der Waals surface area contributed by atoms with E-state index in [0.29, 0.717) is 5.75 Å². The molecule has 7 heteroatoms. The number of aliphatic hydroxyl groups excluding tert-OH is 2. The number of nitrogens with zero attached hydrogens (tertiary/aromatic N) is 2. The van der Waals surface area contributed by atoms with Gasteiger partial charge in [0.25, 0.3) is 0 Å². The van der Waals surface area contributed by atoms with Crippen LogP contribution in [0, 0.1) is 0 Å². The first-order valence-corrected chi connectivity index (χ1v) is 10.1. The molecule has 1 saturated heterocycles. The lowest BCUT2D eigenvalue weighted by Crippen LogP contribution is -2.63. The number of piperidine rings is 1. The van der Waals surface area contributed by atoms with Gasteiger partial charge in [0.2, 0.25) is 0 Å². The lowest BCUT2D eigenvalue weighted by atomic mass is 9.94. The summed E-state index contributed by atoms with van der Waals surface area (Å²) in [5.41, 5.74) is 1.03. The van der Waals surface area contributed by atoms with E-state index in [4.69, 9.17) is 9.47 Å². The van der Waals surface area contributed by atoms with Gasteiger partial charge in [0.1, 0.15) is 17.5 Å². The molecule has 1 fully saturated rings. The maximum Gasteiger partial charge on any atom is 0.410 e. The number of carbonyl (C=O) groups excluding carboxylic acids is 1. The molecular formula is C22H28N2O5.